The normalized spacial score (nSPS) is 10.9. The zero-order valence-corrected chi connectivity index (χ0v) is 9.68. The van der Waals surface area contributed by atoms with Gasteiger partial charge in [0.1, 0.15) is 12.9 Å². The van der Waals surface area contributed by atoms with Gasteiger partial charge in [-0.05, 0) is 12.1 Å². The summed E-state index contributed by atoms with van der Waals surface area (Å²) in [5, 5.41) is 3.96. The molecular weight excluding hydrogens is 242 g/mol. The van der Waals surface area contributed by atoms with Gasteiger partial charge in [0.2, 0.25) is 0 Å². The van der Waals surface area contributed by atoms with Crippen LogP contribution < -0.4 is 10.5 Å². The van der Waals surface area contributed by atoms with E-state index in [0.717, 1.165) is 4.68 Å². The Morgan fingerprint density at radius 2 is 2.22 bits per heavy atom. The number of anilines is 1. The van der Waals surface area contributed by atoms with Crippen molar-refractivity contribution in [2.75, 3.05) is 12.8 Å². The van der Waals surface area contributed by atoms with Crippen molar-refractivity contribution in [2.45, 2.75) is 13.0 Å². The maximum Gasteiger partial charge on any atom is 0.257 e. The quantitative estimate of drug-likeness (QED) is 0.845. The zero-order chi connectivity index (χ0) is 13.1. The Hall–Kier alpha value is -2.18. The van der Waals surface area contributed by atoms with Crippen LogP contribution in [0.2, 0.25) is 0 Å². The second-order valence-electron chi connectivity index (χ2n) is 3.61. The lowest BCUT2D eigenvalue weighted by Crippen LogP contribution is -2.06. The Balaban J connectivity index is 2.37. The Labute approximate surface area is 102 Å². The maximum absolute atomic E-state index is 12.2. The van der Waals surface area contributed by atoms with Crippen LogP contribution in [0.25, 0.3) is 11.4 Å². The Kier molecular flexibility index (Phi) is 3.40. The third kappa shape index (κ3) is 2.39. The lowest BCUT2D eigenvalue weighted by Gasteiger charge is -2.07. The van der Waals surface area contributed by atoms with Crippen molar-refractivity contribution in [3.8, 4) is 17.1 Å². The van der Waals surface area contributed by atoms with E-state index in [0.29, 0.717) is 22.8 Å². The van der Waals surface area contributed by atoms with Gasteiger partial charge < -0.3 is 10.5 Å². The van der Waals surface area contributed by atoms with E-state index in [9.17, 15) is 8.78 Å². The molecule has 0 spiro atoms. The third-order valence-corrected chi connectivity index (χ3v) is 2.35. The molecule has 1 aromatic carbocycles. The van der Waals surface area contributed by atoms with Crippen LogP contribution in [-0.2, 0) is 6.54 Å². The van der Waals surface area contributed by atoms with E-state index in [1.54, 1.807) is 18.2 Å². The molecule has 0 fully saturated rings. The smallest absolute Gasteiger partial charge is 0.257 e. The SMILES string of the molecule is COc1c(N)cccc1-c1ncn(CC(F)F)n1. The predicted octanol–water partition coefficient (Wildman–Crippen LogP) is 1.80. The van der Waals surface area contributed by atoms with Gasteiger partial charge in [-0.15, -0.1) is 0 Å². The van der Waals surface area contributed by atoms with Gasteiger partial charge in [0.05, 0.1) is 18.4 Å². The van der Waals surface area contributed by atoms with Crippen molar-refractivity contribution in [1.29, 1.82) is 0 Å². The highest BCUT2D eigenvalue weighted by Crippen LogP contribution is 2.32. The van der Waals surface area contributed by atoms with Crippen LogP contribution in [-0.4, -0.2) is 28.3 Å². The second-order valence-corrected chi connectivity index (χ2v) is 3.61. The van der Waals surface area contributed by atoms with E-state index in [1.165, 1.54) is 13.4 Å². The molecule has 1 aromatic heterocycles. The summed E-state index contributed by atoms with van der Waals surface area (Å²) < 4.78 is 30.7. The molecule has 5 nitrogen and oxygen atoms in total. The maximum atomic E-state index is 12.2. The van der Waals surface area contributed by atoms with Crippen molar-refractivity contribution >= 4 is 5.69 Å². The number of aromatic nitrogens is 3. The summed E-state index contributed by atoms with van der Waals surface area (Å²) in [7, 11) is 1.48. The lowest BCUT2D eigenvalue weighted by atomic mass is 10.1. The number of nitrogens with two attached hydrogens (primary N) is 1. The molecule has 2 N–H and O–H groups in total. The first-order valence-electron chi connectivity index (χ1n) is 5.22. The molecule has 2 rings (SSSR count). The highest BCUT2D eigenvalue weighted by Gasteiger charge is 2.14. The Bertz CT molecular complexity index is 542. The molecule has 2 aromatic rings. The fraction of sp³-hybridized carbons (Fsp3) is 0.273. The minimum Gasteiger partial charge on any atom is -0.494 e. The minimum atomic E-state index is -2.47. The topological polar surface area (TPSA) is 66.0 Å². The first-order valence-corrected chi connectivity index (χ1v) is 5.22. The summed E-state index contributed by atoms with van der Waals surface area (Å²) in [6.45, 7) is -0.488. The van der Waals surface area contributed by atoms with E-state index in [1.807, 2.05) is 0 Å². The summed E-state index contributed by atoms with van der Waals surface area (Å²) in [5.41, 5.74) is 6.77. The van der Waals surface area contributed by atoms with Gasteiger partial charge >= 0.3 is 0 Å². The number of hydrogen-bond donors (Lipinski definition) is 1. The van der Waals surface area contributed by atoms with Crippen LogP contribution in [0, 0.1) is 0 Å². The average Bonchev–Trinajstić information content (AvgIpc) is 2.76. The van der Waals surface area contributed by atoms with Crippen LogP contribution in [0.5, 0.6) is 5.75 Å². The number of rotatable bonds is 4. The number of halogens is 2. The molecule has 0 aliphatic heterocycles. The van der Waals surface area contributed by atoms with E-state index in [2.05, 4.69) is 10.1 Å². The molecule has 1 heterocycles. The number of para-hydroxylation sites is 1. The van der Waals surface area contributed by atoms with Crippen LogP contribution in [0.15, 0.2) is 24.5 Å². The van der Waals surface area contributed by atoms with Gasteiger partial charge in [0.15, 0.2) is 11.6 Å². The molecule has 0 radical (unpaired) electrons. The summed E-state index contributed by atoms with van der Waals surface area (Å²) in [4.78, 5) is 3.97. The van der Waals surface area contributed by atoms with Crippen molar-refractivity contribution < 1.29 is 13.5 Å². The molecule has 7 heteroatoms. The van der Waals surface area contributed by atoms with E-state index >= 15 is 0 Å². The van der Waals surface area contributed by atoms with E-state index in [4.69, 9.17) is 10.5 Å². The van der Waals surface area contributed by atoms with Gasteiger partial charge in [-0.3, -0.25) is 0 Å². The van der Waals surface area contributed by atoms with Crippen LogP contribution in [0.1, 0.15) is 0 Å². The molecule has 0 saturated carbocycles. The highest BCUT2D eigenvalue weighted by molar-refractivity contribution is 5.72. The molecule has 0 bridgehead atoms. The average molecular weight is 254 g/mol. The first kappa shape index (κ1) is 12.3. The lowest BCUT2D eigenvalue weighted by molar-refractivity contribution is 0.122. The Morgan fingerprint density at radius 3 is 2.89 bits per heavy atom. The highest BCUT2D eigenvalue weighted by atomic mass is 19.3. The minimum absolute atomic E-state index is 0.305. The van der Waals surface area contributed by atoms with Crippen molar-refractivity contribution in [2.24, 2.45) is 0 Å². The fourth-order valence-corrected chi connectivity index (χ4v) is 1.61. The molecule has 18 heavy (non-hydrogen) atoms. The van der Waals surface area contributed by atoms with Gasteiger partial charge in [-0.25, -0.2) is 18.4 Å². The largest absolute Gasteiger partial charge is 0.494 e. The van der Waals surface area contributed by atoms with E-state index in [-0.39, 0.29) is 0 Å². The summed E-state index contributed by atoms with van der Waals surface area (Å²) >= 11 is 0. The zero-order valence-electron chi connectivity index (χ0n) is 9.68. The van der Waals surface area contributed by atoms with Crippen LogP contribution >= 0.6 is 0 Å². The van der Waals surface area contributed by atoms with Crippen molar-refractivity contribution in [3.63, 3.8) is 0 Å². The molecule has 0 atom stereocenters. The van der Waals surface area contributed by atoms with Gasteiger partial charge in [0.25, 0.3) is 6.43 Å². The number of alkyl halides is 2. The Morgan fingerprint density at radius 1 is 1.44 bits per heavy atom. The standard InChI is InChI=1S/C11H12F2N4O/c1-18-10-7(3-2-4-8(10)14)11-15-6-17(16-11)5-9(12)13/h2-4,6,9H,5,14H2,1H3. The second kappa shape index (κ2) is 4.99. The molecular formula is C11H12F2N4O. The number of nitrogen functional groups attached to an aromatic ring is 1. The number of hydrogen-bond acceptors (Lipinski definition) is 4. The fourth-order valence-electron chi connectivity index (χ4n) is 1.61. The van der Waals surface area contributed by atoms with Gasteiger partial charge in [-0.2, -0.15) is 5.10 Å². The summed E-state index contributed by atoms with van der Waals surface area (Å²) in [5.74, 6) is 0.743. The number of ether oxygens (including phenoxy) is 1. The van der Waals surface area contributed by atoms with Crippen molar-refractivity contribution in [3.05, 3.63) is 24.5 Å². The third-order valence-electron chi connectivity index (χ3n) is 2.35. The molecule has 0 amide bonds. The monoisotopic (exact) mass is 254 g/mol. The molecule has 96 valence electrons. The van der Waals surface area contributed by atoms with E-state index < -0.39 is 13.0 Å². The number of benzene rings is 1. The summed E-state index contributed by atoms with van der Waals surface area (Å²) in [6.07, 6.45) is -1.22. The molecule has 0 unspecified atom stereocenters. The molecule has 0 saturated heterocycles. The molecule has 0 aliphatic carbocycles. The first-order chi connectivity index (χ1) is 8.61. The van der Waals surface area contributed by atoms with Gasteiger partial charge in [0, 0.05) is 0 Å². The number of methoxy groups -OCH3 is 1. The predicted molar refractivity (Wildman–Crippen MR) is 62.4 cm³/mol. The van der Waals surface area contributed by atoms with Crippen molar-refractivity contribution in [1.82, 2.24) is 14.8 Å². The number of nitrogens with zero attached hydrogens (tertiary/aromatic N) is 3. The molecule has 0 aliphatic rings. The summed E-state index contributed by atoms with van der Waals surface area (Å²) in [6, 6.07) is 5.12. The van der Waals surface area contributed by atoms with Crippen LogP contribution in [0.4, 0.5) is 14.5 Å². The van der Waals surface area contributed by atoms with Crippen LogP contribution in [0.3, 0.4) is 0 Å². The van der Waals surface area contributed by atoms with Gasteiger partial charge in [-0.1, -0.05) is 6.07 Å².